The van der Waals surface area contributed by atoms with Crippen LogP contribution in [0.1, 0.15) is 10.4 Å². The molecule has 8 heteroatoms. The van der Waals surface area contributed by atoms with Crippen molar-refractivity contribution in [3.63, 3.8) is 0 Å². The highest BCUT2D eigenvalue weighted by atomic mass is 35.5. The molecule has 0 saturated heterocycles. The second-order valence-corrected chi connectivity index (χ2v) is 5.62. The third kappa shape index (κ3) is 4.07. The molecule has 0 fully saturated rings. The van der Waals surface area contributed by atoms with E-state index in [0.29, 0.717) is 11.6 Å². The van der Waals surface area contributed by atoms with Crippen LogP contribution in [-0.4, -0.2) is 23.2 Å². The minimum Gasteiger partial charge on any atom is -0.497 e. The number of nitrogens with one attached hydrogen (secondary N) is 2. The molecule has 0 bridgehead atoms. The first-order valence-electron chi connectivity index (χ1n) is 7.57. The van der Waals surface area contributed by atoms with Crippen LogP contribution in [0.2, 0.25) is 5.02 Å². The maximum absolute atomic E-state index is 13.8. The predicted octanol–water partition coefficient (Wildman–Crippen LogP) is 4.27. The number of nitrogens with zero attached hydrogens (tertiary/aromatic N) is 2. The van der Waals surface area contributed by atoms with Gasteiger partial charge in [0, 0.05) is 11.8 Å². The zero-order chi connectivity index (χ0) is 18.5. The van der Waals surface area contributed by atoms with E-state index < -0.39 is 11.7 Å². The average molecular weight is 373 g/mol. The van der Waals surface area contributed by atoms with Crippen molar-refractivity contribution >= 4 is 34.8 Å². The van der Waals surface area contributed by atoms with Crippen molar-refractivity contribution in [2.75, 3.05) is 17.7 Å². The quantitative estimate of drug-likeness (QED) is 0.699. The molecule has 2 N–H and O–H groups in total. The molecule has 0 aliphatic heterocycles. The molecule has 0 unspecified atom stereocenters. The molecule has 0 spiro atoms. The van der Waals surface area contributed by atoms with Crippen molar-refractivity contribution in [2.45, 2.75) is 0 Å². The van der Waals surface area contributed by atoms with E-state index in [4.69, 9.17) is 16.3 Å². The fraction of sp³-hybridized carbons (Fsp3) is 0.0556. The largest absolute Gasteiger partial charge is 0.497 e. The standard InChI is InChI=1S/C18H14ClFN4O2/c1-26-12-5-2-4-11(10-12)21-15-8-9-16(24-23-15)22-18(25)17-13(19)6-3-7-14(17)20/h2-10H,1H3,(H,21,23)(H,22,24,25). The van der Waals surface area contributed by atoms with E-state index >= 15 is 0 Å². The van der Waals surface area contributed by atoms with Gasteiger partial charge in [-0.2, -0.15) is 0 Å². The average Bonchev–Trinajstić information content (AvgIpc) is 2.63. The lowest BCUT2D eigenvalue weighted by Gasteiger charge is -2.09. The molecule has 0 aliphatic rings. The van der Waals surface area contributed by atoms with Crippen molar-refractivity contribution in [3.05, 3.63) is 71.0 Å². The first kappa shape index (κ1) is 17.6. The van der Waals surface area contributed by atoms with Crippen LogP contribution in [0.25, 0.3) is 0 Å². The van der Waals surface area contributed by atoms with Crippen LogP contribution in [-0.2, 0) is 0 Å². The van der Waals surface area contributed by atoms with Crippen LogP contribution >= 0.6 is 11.6 Å². The van der Waals surface area contributed by atoms with Crippen LogP contribution in [0.3, 0.4) is 0 Å². The molecule has 0 radical (unpaired) electrons. The number of halogens is 2. The molecule has 6 nitrogen and oxygen atoms in total. The number of methoxy groups -OCH3 is 1. The van der Waals surface area contributed by atoms with Gasteiger partial charge in [0.25, 0.3) is 5.91 Å². The van der Waals surface area contributed by atoms with Gasteiger partial charge in [0.2, 0.25) is 0 Å². The maximum Gasteiger partial charge on any atom is 0.261 e. The van der Waals surface area contributed by atoms with Crippen molar-refractivity contribution < 1.29 is 13.9 Å². The molecule has 1 amide bonds. The Labute approximate surface area is 154 Å². The number of anilines is 3. The number of carbonyl (C=O) groups excluding carboxylic acids is 1. The second kappa shape index (κ2) is 7.79. The number of hydrogen-bond donors (Lipinski definition) is 2. The number of aromatic nitrogens is 2. The summed E-state index contributed by atoms with van der Waals surface area (Å²) in [7, 11) is 1.58. The van der Waals surface area contributed by atoms with Gasteiger partial charge >= 0.3 is 0 Å². The topological polar surface area (TPSA) is 76.1 Å². The van der Waals surface area contributed by atoms with Gasteiger partial charge in [-0.05, 0) is 36.4 Å². The second-order valence-electron chi connectivity index (χ2n) is 5.21. The number of amides is 1. The Morgan fingerprint density at radius 1 is 1.08 bits per heavy atom. The van der Waals surface area contributed by atoms with Crippen LogP contribution in [0.5, 0.6) is 5.75 Å². The van der Waals surface area contributed by atoms with E-state index in [2.05, 4.69) is 20.8 Å². The molecule has 0 atom stereocenters. The minimum absolute atomic E-state index is 0.0202. The van der Waals surface area contributed by atoms with Gasteiger partial charge in [-0.15, -0.1) is 10.2 Å². The zero-order valence-electron chi connectivity index (χ0n) is 13.7. The summed E-state index contributed by atoms with van der Waals surface area (Å²) in [5, 5.41) is 13.4. The van der Waals surface area contributed by atoms with Crippen LogP contribution in [0, 0.1) is 5.82 Å². The Bertz CT molecular complexity index is 914. The molecule has 0 aliphatic carbocycles. The number of carbonyl (C=O) groups is 1. The van der Waals surface area contributed by atoms with Gasteiger partial charge in [-0.3, -0.25) is 4.79 Å². The Balaban J connectivity index is 1.70. The van der Waals surface area contributed by atoms with Crippen molar-refractivity contribution in [3.8, 4) is 5.75 Å². The summed E-state index contributed by atoms with van der Waals surface area (Å²) in [4.78, 5) is 12.2. The summed E-state index contributed by atoms with van der Waals surface area (Å²) in [6.07, 6.45) is 0. The molecule has 132 valence electrons. The Kier molecular flexibility index (Phi) is 5.28. The van der Waals surface area contributed by atoms with Gasteiger partial charge in [-0.1, -0.05) is 23.7 Å². The van der Waals surface area contributed by atoms with Gasteiger partial charge < -0.3 is 15.4 Å². The van der Waals surface area contributed by atoms with Crippen LogP contribution in [0.15, 0.2) is 54.6 Å². The summed E-state index contributed by atoms with van der Waals surface area (Å²) in [5.41, 5.74) is 0.531. The highest BCUT2D eigenvalue weighted by Gasteiger charge is 2.16. The highest BCUT2D eigenvalue weighted by Crippen LogP contribution is 2.22. The smallest absolute Gasteiger partial charge is 0.261 e. The maximum atomic E-state index is 13.8. The first-order chi connectivity index (χ1) is 12.6. The van der Waals surface area contributed by atoms with E-state index in [0.717, 1.165) is 11.8 Å². The molecule has 1 aromatic heterocycles. The van der Waals surface area contributed by atoms with Crippen molar-refractivity contribution in [2.24, 2.45) is 0 Å². The summed E-state index contributed by atoms with van der Waals surface area (Å²) in [5.74, 6) is -0.0607. The molecule has 3 aromatic rings. The number of ether oxygens (including phenoxy) is 1. The lowest BCUT2D eigenvalue weighted by Crippen LogP contribution is -2.15. The van der Waals surface area contributed by atoms with E-state index in [1.54, 1.807) is 25.3 Å². The summed E-state index contributed by atoms with van der Waals surface area (Å²) >= 11 is 5.87. The molecular formula is C18H14ClFN4O2. The molecule has 26 heavy (non-hydrogen) atoms. The first-order valence-corrected chi connectivity index (χ1v) is 7.95. The van der Waals surface area contributed by atoms with Crippen LogP contribution < -0.4 is 15.4 Å². The Hall–Kier alpha value is -3.19. The summed E-state index contributed by atoms with van der Waals surface area (Å²) < 4.78 is 18.9. The lowest BCUT2D eigenvalue weighted by molar-refractivity contribution is 0.102. The normalized spacial score (nSPS) is 10.3. The van der Waals surface area contributed by atoms with E-state index in [1.807, 2.05) is 18.2 Å². The van der Waals surface area contributed by atoms with E-state index in [-0.39, 0.29) is 16.4 Å². The Morgan fingerprint density at radius 2 is 1.81 bits per heavy atom. The highest BCUT2D eigenvalue weighted by molar-refractivity contribution is 6.34. The lowest BCUT2D eigenvalue weighted by atomic mass is 10.2. The van der Waals surface area contributed by atoms with Crippen molar-refractivity contribution in [1.29, 1.82) is 0 Å². The van der Waals surface area contributed by atoms with Gasteiger partial charge in [0.15, 0.2) is 11.6 Å². The monoisotopic (exact) mass is 372 g/mol. The number of rotatable bonds is 5. The van der Waals surface area contributed by atoms with Crippen LogP contribution in [0.4, 0.5) is 21.7 Å². The summed E-state index contributed by atoms with van der Waals surface area (Å²) in [6, 6.07) is 14.5. The molecule has 3 rings (SSSR count). The molecule has 0 saturated carbocycles. The van der Waals surface area contributed by atoms with Gasteiger partial charge in [0.1, 0.15) is 11.6 Å². The minimum atomic E-state index is -0.709. The van der Waals surface area contributed by atoms with E-state index in [1.165, 1.54) is 12.1 Å². The SMILES string of the molecule is COc1cccc(Nc2ccc(NC(=O)c3c(F)cccc3Cl)nn2)c1. The number of benzene rings is 2. The molecule has 2 aromatic carbocycles. The number of hydrogen-bond acceptors (Lipinski definition) is 5. The van der Waals surface area contributed by atoms with Crippen molar-refractivity contribution in [1.82, 2.24) is 10.2 Å². The molecular weight excluding hydrogens is 359 g/mol. The van der Waals surface area contributed by atoms with E-state index in [9.17, 15) is 9.18 Å². The fourth-order valence-corrected chi connectivity index (χ4v) is 2.46. The predicted molar refractivity (Wildman–Crippen MR) is 97.7 cm³/mol. The third-order valence-electron chi connectivity index (χ3n) is 3.44. The van der Waals surface area contributed by atoms with Gasteiger partial charge in [-0.25, -0.2) is 4.39 Å². The Morgan fingerprint density at radius 3 is 2.50 bits per heavy atom. The van der Waals surface area contributed by atoms with Gasteiger partial charge in [0.05, 0.1) is 17.7 Å². The third-order valence-corrected chi connectivity index (χ3v) is 3.75. The fourth-order valence-electron chi connectivity index (χ4n) is 2.21. The zero-order valence-corrected chi connectivity index (χ0v) is 14.4. The summed E-state index contributed by atoms with van der Waals surface area (Å²) in [6.45, 7) is 0. The molecule has 1 heterocycles.